The number of benzene rings is 2. The van der Waals surface area contributed by atoms with Crippen LogP contribution >= 0.6 is 11.8 Å². The molecule has 0 radical (unpaired) electrons. The molecule has 31 heavy (non-hydrogen) atoms. The van der Waals surface area contributed by atoms with E-state index in [-0.39, 0.29) is 29.3 Å². The first-order chi connectivity index (χ1) is 14.9. The summed E-state index contributed by atoms with van der Waals surface area (Å²) >= 11 is 1.25. The van der Waals surface area contributed by atoms with Crippen LogP contribution in [0.4, 0.5) is 5.69 Å². The molecule has 1 aromatic heterocycles. The summed E-state index contributed by atoms with van der Waals surface area (Å²) < 4.78 is 11.1. The molecular weight excluding hydrogens is 420 g/mol. The first-order valence-electron chi connectivity index (χ1n) is 9.01. The number of aromatic nitrogens is 2. The average Bonchev–Trinajstić information content (AvgIpc) is 2.76. The molecule has 1 heterocycles. The van der Waals surface area contributed by atoms with Crippen LogP contribution in [-0.2, 0) is 6.61 Å². The highest BCUT2D eigenvalue weighted by Crippen LogP contribution is 2.32. The summed E-state index contributed by atoms with van der Waals surface area (Å²) in [6.45, 7) is 1.78. The number of nitrogens with zero attached hydrogens (tertiary/aromatic N) is 3. The molecule has 9 nitrogen and oxygen atoms in total. The molecule has 0 bridgehead atoms. The lowest BCUT2D eigenvalue weighted by atomic mass is 10.0. The number of hydrogen-bond donors (Lipinski definition) is 1. The maximum atomic E-state index is 12.2. The maximum Gasteiger partial charge on any atom is 0.310 e. The van der Waals surface area contributed by atoms with Gasteiger partial charge < -0.3 is 14.5 Å². The Labute approximate surface area is 181 Å². The van der Waals surface area contributed by atoms with Crippen molar-refractivity contribution in [3.05, 3.63) is 73.6 Å². The Morgan fingerprint density at radius 2 is 2.03 bits per heavy atom. The van der Waals surface area contributed by atoms with E-state index in [0.717, 1.165) is 5.56 Å². The highest BCUT2D eigenvalue weighted by Gasteiger charge is 2.18. The summed E-state index contributed by atoms with van der Waals surface area (Å²) in [7, 11) is 1.49. The van der Waals surface area contributed by atoms with E-state index in [1.54, 1.807) is 36.6 Å². The number of methoxy groups -OCH3 is 1. The second-order valence-corrected chi connectivity index (χ2v) is 7.25. The van der Waals surface area contributed by atoms with Gasteiger partial charge in [0.2, 0.25) is 0 Å². The van der Waals surface area contributed by atoms with E-state index in [0.29, 0.717) is 22.0 Å². The van der Waals surface area contributed by atoms with Crippen LogP contribution in [0.2, 0.25) is 0 Å². The van der Waals surface area contributed by atoms with Crippen molar-refractivity contribution in [2.24, 2.45) is 0 Å². The fourth-order valence-electron chi connectivity index (χ4n) is 2.94. The molecule has 0 amide bonds. The van der Waals surface area contributed by atoms with Gasteiger partial charge in [-0.05, 0) is 43.0 Å². The van der Waals surface area contributed by atoms with Crippen LogP contribution < -0.4 is 15.0 Å². The maximum absolute atomic E-state index is 12.2. The Morgan fingerprint density at radius 3 is 2.68 bits per heavy atom. The van der Waals surface area contributed by atoms with Crippen molar-refractivity contribution >= 4 is 17.4 Å². The van der Waals surface area contributed by atoms with Crippen LogP contribution in [0.3, 0.4) is 0 Å². The summed E-state index contributed by atoms with van der Waals surface area (Å²) in [4.78, 5) is 29.9. The Kier molecular flexibility index (Phi) is 6.57. The van der Waals surface area contributed by atoms with E-state index in [4.69, 9.17) is 9.47 Å². The third kappa shape index (κ3) is 4.67. The van der Waals surface area contributed by atoms with Crippen LogP contribution in [0.5, 0.6) is 11.5 Å². The smallest absolute Gasteiger partial charge is 0.310 e. The summed E-state index contributed by atoms with van der Waals surface area (Å²) in [6, 6.07) is 11.5. The Balaban J connectivity index is 2.03. The van der Waals surface area contributed by atoms with Crippen molar-refractivity contribution < 1.29 is 14.4 Å². The number of aromatic amines is 1. The van der Waals surface area contributed by atoms with Gasteiger partial charge >= 0.3 is 5.69 Å². The summed E-state index contributed by atoms with van der Waals surface area (Å²) in [6.07, 6.45) is 1.76. The molecular formula is C21H18N4O5S. The van der Waals surface area contributed by atoms with E-state index in [9.17, 15) is 20.2 Å². The molecule has 0 aliphatic heterocycles. The number of thioether (sulfide) groups is 1. The van der Waals surface area contributed by atoms with Gasteiger partial charge in [-0.25, -0.2) is 4.98 Å². The number of aryl methyl sites for hydroxylation is 1. The van der Waals surface area contributed by atoms with E-state index in [2.05, 4.69) is 9.97 Å². The minimum absolute atomic E-state index is 0.0260. The molecule has 0 fully saturated rings. The van der Waals surface area contributed by atoms with Crippen LogP contribution in [-0.4, -0.2) is 28.3 Å². The predicted octanol–water partition coefficient (Wildman–Crippen LogP) is 3.83. The average molecular weight is 438 g/mol. The second-order valence-electron chi connectivity index (χ2n) is 6.45. The van der Waals surface area contributed by atoms with Gasteiger partial charge in [-0.15, -0.1) is 0 Å². The Hall–Kier alpha value is -3.84. The normalized spacial score (nSPS) is 10.4. The largest absolute Gasteiger partial charge is 0.496 e. The highest BCUT2D eigenvalue weighted by molar-refractivity contribution is 7.98. The van der Waals surface area contributed by atoms with Crippen molar-refractivity contribution in [1.82, 2.24) is 9.97 Å². The van der Waals surface area contributed by atoms with Crippen molar-refractivity contribution in [3.63, 3.8) is 0 Å². The summed E-state index contributed by atoms with van der Waals surface area (Å²) in [5.41, 5.74) is 1.38. The zero-order valence-electron chi connectivity index (χ0n) is 17.0. The molecule has 3 rings (SSSR count). The molecule has 0 unspecified atom stereocenters. The van der Waals surface area contributed by atoms with Gasteiger partial charge in [-0.2, -0.15) is 5.26 Å². The van der Waals surface area contributed by atoms with Gasteiger partial charge in [0, 0.05) is 17.2 Å². The molecule has 10 heteroatoms. The third-order valence-corrected chi connectivity index (χ3v) is 5.03. The molecule has 0 saturated heterocycles. The first kappa shape index (κ1) is 21.9. The number of ether oxygens (including phenoxy) is 2. The van der Waals surface area contributed by atoms with Gasteiger partial charge in [-0.1, -0.05) is 17.8 Å². The molecule has 0 saturated carbocycles. The lowest BCUT2D eigenvalue weighted by molar-refractivity contribution is -0.386. The minimum atomic E-state index is -0.527. The van der Waals surface area contributed by atoms with Gasteiger partial charge in [0.25, 0.3) is 5.56 Å². The number of nitro benzene ring substituents is 1. The summed E-state index contributed by atoms with van der Waals surface area (Å²) in [5.74, 6) is 0.626. The second kappa shape index (κ2) is 9.32. The number of nitrogens with one attached hydrogen (secondary N) is 1. The van der Waals surface area contributed by atoms with Gasteiger partial charge in [0.1, 0.15) is 24.0 Å². The van der Waals surface area contributed by atoms with Crippen molar-refractivity contribution in [2.45, 2.75) is 18.7 Å². The number of hydrogen-bond acceptors (Lipinski definition) is 8. The molecule has 0 aliphatic carbocycles. The topological polar surface area (TPSA) is 131 Å². The number of H-pyrrole nitrogens is 1. The molecule has 2 aromatic carbocycles. The third-order valence-electron chi connectivity index (χ3n) is 4.45. The van der Waals surface area contributed by atoms with E-state index >= 15 is 0 Å². The quantitative estimate of drug-likeness (QED) is 0.255. The standard InChI is InChI=1S/C21H18N4O5S/c1-12-4-6-16(25(27)28)18(8-12)30-11-14-9-13(5-7-17(14)29-2)19-15(10-22)20(26)24-21(23-19)31-3/h4-9H,11H2,1-3H3,(H,23,24,26). The first-order valence-corrected chi connectivity index (χ1v) is 10.2. The van der Waals surface area contributed by atoms with Gasteiger partial charge in [-0.3, -0.25) is 14.9 Å². The zero-order valence-corrected chi connectivity index (χ0v) is 17.8. The predicted molar refractivity (Wildman–Crippen MR) is 116 cm³/mol. The zero-order chi connectivity index (χ0) is 22.5. The fraction of sp³-hybridized carbons (Fsp3) is 0.190. The van der Waals surface area contributed by atoms with Gasteiger partial charge in [0.05, 0.1) is 17.7 Å². The van der Waals surface area contributed by atoms with Crippen molar-refractivity contribution in [1.29, 1.82) is 5.26 Å². The lowest BCUT2D eigenvalue weighted by Gasteiger charge is -2.13. The lowest BCUT2D eigenvalue weighted by Crippen LogP contribution is -2.14. The van der Waals surface area contributed by atoms with Crippen molar-refractivity contribution in [2.75, 3.05) is 13.4 Å². The minimum Gasteiger partial charge on any atom is -0.496 e. The number of rotatable bonds is 7. The fourth-order valence-corrected chi connectivity index (χ4v) is 3.32. The SMILES string of the molecule is COc1ccc(-c2nc(SC)[nH]c(=O)c2C#N)cc1COc1cc(C)ccc1[N+](=O)[O-]. The molecule has 0 spiro atoms. The van der Waals surface area contributed by atoms with Crippen LogP contribution in [0.25, 0.3) is 11.3 Å². The number of nitriles is 1. The van der Waals surface area contributed by atoms with E-state index in [1.165, 1.54) is 24.9 Å². The Morgan fingerprint density at radius 1 is 1.26 bits per heavy atom. The van der Waals surface area contributed by atoms with E-state index in [1.807, 2.05) is 13.0 Å². The van der Waals surface area contributed by atoms with E-state index < -0.39 is 10.5 Å². The number of nitro groups is 1. The Bertz CT molecular complexity index is 1250. The molecule has 3 aromatic rings. The highest BCUT2D eigenvalue weighted by atomic mass is 32.2. The molecule has 1 N–H and O–H groups in total. The van der Waals surface area contributed by atoms with Crippen LogP contribution in [0, 0.1) is 28.4 Å². The van der Waals surface area contributed by atoms with Crippen LogP contribution in [0.1, 0.15) is 16.7 Å². The molecule has 158 valence electrons. The van der Waals surface area contributed by atoms with Crippen LogP contribution in [0.15, 0.2) is 46.3 Å². The summed E-state index contributed by atoms with van der Waals surface area (Å²) in [5, 5.41) is 21.1. The molecule has 0 atom stereocenters. The monoisotopic (exact) mass is 438 g/mol. The van der Waals surface area contributed by atoms with Gasteiger partial charge in [0.15, 0.2) is 10.9 Å². The van der Waals surface area contributed by atoms with Crippen molar-refractivity contribution in [3.8, 4) is 28.8 Å². The molecule has 0 aliphatic rings.